The Morgan fingerprint density at radius 3 is 1.38 bits per heavy atom. The van der Waals surface area contributed by atoms with Crippen LogP contribution in [0.1, 0.15) is 66.2 Å². The molecule has 0 aliphatic rings. The molecule has 0 aromatic carbocycles. The van der Waals surface area contributed by atoms with Crippen molar-refractivity contribution in [3.05, 3.63) is 6.42 Å². The van der Waals surface area contributed by atoms with Crippen LogP contribution in [0, 0.1) is 18.3 Å². The molecule has 0 N–H and O–H groups in total. The van der Waals surface area contributed by atoms with Crippen LogP contribution in [0.4, 0.5) is 0 Å². The zero-order valence-electron chi connectivity index (χ0n) is 9.97. The lowest BCUT2D eigenvalue weighted by Gasteiger charge is -2.20. The quantitative estimate of drug-likeness (QED) is 0.505. The van der Waals surface area contributed by atoms with E-state index in [1.165, 1.54) is 38.5 Å². The summed E-state index contributed by atoms with van der Waals surface area (Å²) >= 11 is 0. The summed E-state index contributed by atoms with van der Waals surface area (Å²) in [6, 6.07) is 0. The minimum Gasteiger partial charge on any atom is -0.0654 e. The number of hydrogen-bond acceptors (Lipinski definition) is 0. The van der Waals surface area contributed by atoms with Gasteiger partial charge in [0.2, 0.25) is 0 Å². The Balaban J connectivity index is 3.73. The minimum atomic E-state index is 0.876. The molecule has 2 atom stereocenters. The van der Waals surface area contributed by atoms with E-state index in [4.69, 9.17) is 0 Å². The van der Waals surface area contributed by atoms with Gasteiger partial charge in [-0.25, -0.2) is 0 Å². The van der Waals surface area contributed by atoms with Crippen LogP contribution in [0.2, 0.25) is 0 Å². The monoisotopic (exact) mass is 183 g/mol. The summed E-state index contributed by atoms with van der Waals surface area (Å²) in [5.41, 5.74) is 0. The third kappa shape index (κ3) is 6.12. The third-order valence-electron chi connectivity index (χ3n) is 2.91. The molecule has 0 nitrogen and oxygen atoms in total. The second kappa shape index (κ2) is 8.59. The van der Waals surface area contributed by atoms with E-state index in [9.17, 15) is 0 Å². The Labute approximate surface area is 85.1 Å². The molecule has 0 saturated carbocycles. The van der Waals surface area contributed by atoms with Gasteiger partial charge < -0.3 is 0 Å². The van der Waals surface area contributed by atoms with E-state index >= 15 is 0 Å². The minimum absolute atomic E-state index is 0.876. The maximum atomic E-state index is 2.62. The Morgan fingerprint density at radius 1 is 0.769 bits per heavy atom. The van der Waals surface area contributed by atoms with Crippen molar-refractivity contribution in [1.29, 1.82) is 0 Å². The Morgan fingerprint density at radius 2 is 1.15 bits per heavy atom. The zero-order valence-corrected chi connectivity index (χ0v) is 9.97. The van der Waals surface area contributed by atoms with Gasteiger partial charge in [-0.15, -0.1) is 0 Å². The van der Waals surface area contributed by atoms with Crippen molar-refractivity contribution in [3.63, 3.8) is 0 Å². The Hall–Kier alpha value is 0. The fraction of sp³-hybridized carbons (Fsp3) is 0.923. The molecule has 79 valence electrons. The third-order valence-corrected chi connectivity index (χ3v) is 2.91. The van der Waals surface area contributed by atoms with E-state index in [-0.39, 0.29) is 0 Å². The van der Waals surface area contributed by atoms with Crippen LogP contribution < -0.4 is 0 Å². The van der Waals surface area contributed by atoms with E-state index < -0.39 is 0 Å². The highest BCUT2D eigenvalue weighted by molar-refractivity contribution is 4.81. The highest BCUT2D eigenvalue weighted by Crippen LogP contribution is 2.24. The lowest BCUT2D eigenvalue weighted by molar-refractivity contribution is 0.419. The molecule has 0 aromatic rings. The van der Waals surface area contributed by atoms with Gasteiger partial charge in [0, 0.05) is 0 Å². The Bertz CT molecular complexity index is 84.2. The standard InChI is InChI=1S/C13H27/c1-5-9-12(7-3)11-13(8-4)10-6-2/h11-13H,5-10H2,1-4H3. The summed E-state index contributed by atoms with van der Waals surface area (Å²) in [5, 5.41) is 0. The first-order chi connectivity index (χ1) is 6.28. The van der Waals surface area contributed by atoms with Crippen molar-refractivity contribution in [1.82, 2.24) is 0 Å². The molecule has 0 aromatic heterocycles. The van der Waals surface area contributed by atoms with Crippen LogP contribution in [0.25, 0.3) is 0 Å². The molecule has 13 heavy (non-hydrogen) atoms. The molecule has 0 aliphatic heterocycles. The molecule has 0 spiro atoms. The summed E-state index contributed by atoms with van der Waals surface area (Å²) in [5.74, 6) is 1.75. The first-order valence-electron chi connectivity index (χ1n) is 6.13. The summed E-state index contributed by atoms with van der Waals surface area (Å²) in [4.78, 5) is 0. The summed E-state index contributed by atoms with van der Waals surface area (Å²) in [6.45, 7) is 9.21. The van der Waals surface area contributed by atoms with Crippen LogP contribution in [-0.4, -0.2) is 0 Å². The highest BCUT2D eigenvalue weighted by Gasteiger charge is 2.12. The largest absolute Gasteiger partial charge is 0.0654 e. The summed E-state index contributed by atoms with van der Waals surface area (Å²) in [6.07, 6.45) is 10.7. The smallest absolute Gasteiger partial charge is 0.0324 e. The molecule has 0 saturated heterocycles. The van der Waals surface area contributed by atoms with Gasteiger partial charge in [-0.1, -0.05) is 66.2 Å². The van der Waals surface area contributed by atoms with E-state index in [0.29, 0.717) is 0 Å². The van der Waals surface area contributed by atoms with Crippen molar-refractivity contribution in [2.24, 2.45) is 11.8 Å². The number of rotatable bonds is 8. The van der Waals surface area contributed by atoms with Gasteiger partial charge in [-0.2, -0.15) is 0 Å². The van der Waals surface area contributed by atoms with Crippen LogP contribution in [-0.2, 0) is 0 Å². The van der Waals surface area contributed by atoms with Crippen LogP contribution in [0.5, 0.6) is 0 Å². The molecule has 0 rings (SSSR count). The molecule has 0 heterocycles. The highest BCUT2D eigenvalue weighted by atomic mass is 14.2. The topological polar surface area (TPSA) is 0 Å². The normalized spacial score (nSPS) is 15.7. The van der Waals surface area contributed by atoms with E-state index in [1.54, 1.807) is 0 Å². The van der Waals surface area contributed by atoms with Gasteiger partial charge in [-0.05, 0) is 18.3 Å². The van der Waals surface area contributed by atoms with Crippen LogP contribution in [0.3, 0.4) is 0 Å². The molecular formula is C13H27. The van der Waals surface area contributed by atoms with Gasteiger partial charge in [0.05, 0.1) is 0 Å². The fourth-order valence-corrected chi connectivity index (χ4v) is 2.00. The van der Waals surface area contributed by atoms with Crippen LogP contribution >= 0.6 is 0 Å². The maximum Gasteiger partial charge on any atom is -0.0324 e. The first-order valence-corrected chi connectivity index (χ1v) is 6.13. The molecule has 0 amide bonds. The van der Waals surface area contributed by atoms with Gasteiger partial charge in [0.1, 0.15) is 0 Å². The van der Waals surface area contributed by atoms with Crippen LogP contribution in [0.15, 0.2) is 0 Å². The van der Waals surface area contributed by atoms with Gasteiger partial charge in [0.25, 0.3) is 0 Å². The molecule has 0 fully saturated rings. The van der Waals surface area contributed by atoms with E-state index in [1.807, 2.05) is 0 Å². The predicted molar refractivity (Wildman–Crippen MR) is 61.7 cm³/mol. The molecule has 0 bridgehead atoms. The molecule has 0 heteroatoms. The van der Waals surface area contributed by atoms with E-state index in [2.05, 4.69) is 34.1 Å². The summed E-state index contributed by atoms with van der Waals surface area (Å²) in [7, 11) is 0. The molecular weight excluding hydrogens is 156 g/mol. The van der Waals surface area contributed by atoms with Gasteiger partial charge in [-0.3, -0.25) is 0 Å². The van der Waals surface area contributed by atoms with Crippen molar-refractivity contribution in [2.75, 3.05) is 0 Å². The average molecular weight is 183 g/mol. The van der Waals surface area contributed by atoms with Gasteiger partial charge >= 0.3 is 0 Å². The lowest BCUT2D eigenvalue weighted by Crippen LogP contribution is -2.08. The average Bonchev–Trinajstić information content (AvgIpc) is 2.16. The predicted octanol–water partition coefficient (Wildman–Crippen LogP) is 4.84. The van der Waals surface area contributed by atoms with E-state index in [0.717, 1.165) is 11.8 Å². The SMILES string of the molecule is CCCC([CH]C(CC)CCC)CC. The van der Waals surface area contributed by atoms with Crippen molar-refractivity contribution in [2.45, 2.75) is 66.2 Å². The molecule has 2 unspecified atom stereocenters. The van der Waals surface area contributed by atoms with Crippen molar-refractivity contribution < 1.29 is 0 Å². The fourth-order valence-electron chi connectivity index (χ4n) is 2.00. The molecule has 1 radical (unpaired) electrons. The van der Waals surface area contributed by atoms with Crippen molar-refractivity contribution in [3.8, 4) is 0 Å². The van der Waals surface area contributed by atoms with Gasteiger partial charge in [0.15, 0.2) is 0 Å². The second-order valence-electron chi connectivity index (χ2n) is 4.11. The maximum absolute atomic E-state index is 2.62. The lowest BCUT2D eigenvalue weighted by atomic mass is 9.86. The summed E-state index contributed by atoms with van der Waals surface area (Å²) < 4.78 is 0. The number of hydrogen-bond donors (Lipinski definition) is 0. The Kier molecular flexibility index (Phi) is 8.59. The second-order valence-corrected chi connectivity index (χ2v) is 4.11. The van der Waals surface area contributed by atoms with Crippen molar-refractivity contribution >= 4 is 0 Å². The first kappa shape index (κ1) is 13.0. The zero-order chi connectivity index (χ0) is 10.1. The molecule has 0 aliphatic carbocycles.